The Balaban J connectivity index is 1.15. The summed E-state index contributed by atoms with van der Waals surface area (Å²) in [5, 5.41) is 9.25. The van der Waals surface area contributed by atoms with E-state index < -0.39 is 10.1 Å². The minimum Gasteiger partial charge on any atom is -0.269 e. The Morgan fingerprint density at radius 2 is 1.85 bits per heavy atom. The molecule has 0 bridgehead atoms. The van der Waals surface area contributed by atoms with Gasteiger partial charge in [0.05, 0.1) is 40.6 Å². The fraction of sp³-hybridized carbons (Fsp3) is 0.400. The van der Waals surface area contributed by atoms with Gasteiger partial charge in [0.2, 0.25) is 0 Å². The minimum absolute atomic E-state index is 0.201. The number of benzene rings is 1. The highest BCUT2D eigenvalue weighted by molar-refractivity contribution is 7.86. The number of nitrogens with zero attached hydrogens (tertiary/aromatic N) is 5. The van der Waals surface area contributed by atoms with Crippen molar-refractivity contribution >= 4 is 21.2 Å². The van der Waals surface area contributed by atoms with Crippen molar-refractivity contribution in [2.75, 3.05) is 6.61 Å². The maximum atomic E-state index is 12.5. The van der Waals surface area contributed by atoms with E-state index in [0.717, 1.165) is 59.2 Å². The Bertz CT molecular complexity index is 1460. The molecule has 3 heterocycles. The highest BCUT2D eigenvalue weighted by Crippen LogP contribution is 2.45. The van der Waals surface area contributed by atoms with E-state index in [1.165, 1.54) is 0 Å². The fourth-order valence-electron chi connectivity index (χ4n) is 4.65. The first-order valence-electron chi connectivity index (χ1n) is 11.7. The summed E-state index contributed by atoms with van der Waals surface area (Å²) >= 11 is 0. The van der Waals surface area contributed by atoms with Crippen LogP contribution in [0.3, 0.4) is 0 Å². The number of pyridine rings is 1. The van der Waals surface area contributed by atoms with Crippen LogP contribution in [0.2, 0.25) is 0 Å². The molecule has 0 amide bonds. The molecule has 0 aliphatic heterocycles. The Hall–Kier alpha value is -3.04. The Kier molecular flexibility index (Phi) is 5.07. The molecule has 0 radical (unpaired) electrons. The Labute approximate surface area is 198 Å². The first-order valence-corrected chi connectivity index (χ1v) is 13.1. The molecule has 3 aromatic heterocycles. The average molecular weight is 478 g/mol. The topological polar surface area (TPSA) is 91.9 Å². The fourth-order valence-corrected chi connectivity index (χ4v) is 5.63. The maximum Gasteiger partial charge on any atom is 0.296 e. The molecule has 2 fully saturated rings. The molecule has 6 rings (SSSR count). The lowest BCUT2D eigenvalue weighted by molar-refractivity contribution is 0.120. The predicted octanol–water partition coefficient (Wildman–Crippen LogP) is 4.37. The monoisotopic (exact) mass is 477 g/mol. The first-order chi connectivity index (χ1) is 16.4. The number of hydrogen-bond acceptors (Lipinski definition) is 6. The van der Waals surface area contributed by atoms with Crippen molar-refractivity contribution in [3.63, 3.8) is 0 Å². The van der Waals surface area contributed by atoms with Crippen LogP contribution in [0.4, 0.5) is 0 Å². The first kappa shape index (κ1) is 21.5. The summed E-state index contributed by atoms with van der Waals surface area (Å²) < 4.78 is 34.2. The van der Waals surface area contributed by atoms with E-state index in [0.29, 0.717) is 5.92 Å². The molecule has 1 aromatic carbocycles. The van der Waals surface area contributed by atoms with Crippen LogP contribution in [0.1, 0.15) is 48.9 Å². The van der Waals surface area contributed by atoms with E-state index in [1.807, 2.05) is 24.7 Å². The summed E-state index contributed by atoms with van der Waals surface area (Å²) in [4.78, 5) is 5.04. The smallest absolute Gasteiger partial charge is 0.269 e. The zero-order chi connectivity index (χ0) is 23.4. The van der Waals surface area contributed by atoms with E-state index in [2.05, 4.69) is 22.0 Å². The number of hydrogen-bond donors (Lipinski definition) is 0. The second-order valence-corrected chi connectivity index (χ2v) is 11.2. The standard InChI is InChI=1S/C25H27N5O3S/c1-16-3-7-20(8-4-16)34(31,32)33-15-17-11-19(12-17)30-14-21(25(28-30)18-5-6-18)22-9-10-24-23(27-22)13-26-29(24)2/h3-4,7-10,13-14,17-19H,5-6,11-12,15H2,1-2H3. The average Bonchev–Trinajstić information content (AvgIpc) is 3.45. The normalized spacial score (nSPS) is 20.5. The third-order valence-electron chi connectivity index (χ3n) is 6.96. The van der Waals surface area contributed by atoms with Gasteiger partial charge >= 0.3 is 0 Å². The van der Waals surface area contributed by atoms with Gasteiger partial charge in [-0.15, -0.1) is 0 Å². The van der Waals surface area contributed by atoms with Gasteiger partial charge in [-0.05, 0) is 62.8 Å². The third-order valence-corrected chi connectivity index (χ3v) is 8.25. The zero-order valence-corrected chi connectivity index (χ0v) is 20.1. The van der Waals surface area contributed by atoms with Crippen molar-refractivity contribution in [1.29, 1.82) is 0 Å². The van der Waals surface area contributed by atoms with E-state index in [4.69, 9.17) is 14.3 Å². The molecule has 0 unspecified atom stereocenters. The number of rotatable bonds is 7. The van der Waals surface area contributed by atoms with Gasteiger partial charge in [-0.1, -0.05) is 17.7 Å². The number of aromatic nitrogens is 5. The van der Waals surface area contributed by atoms with Crippen LogP contribution >= 0.6 is 0 Å². The molecule has 34 heavy (non-hydrogen) atoms. The number of aryl methyl sites for hydroxylation is 2. The quantitative estimate of drug-likeness (QED) is 0.367. The van der Waals surface area contributed by atoms with Crippen LogP contribution in [-0.2, 0) is 21.3 Å². The van der Waals surface area contributed by atoms with Crippen molar-refractivity contribution in [3.05, 3.63) is 60.0 Å². The van der Waals surface area contributed by atoms with Crippen LogP contribution in [0.25, 0.3) is 22.3 Å². The second-order valence-electron chi connectivity index (χ2n) is 9.59. The van der Waals surface area contributed by atoms with E-state index in [9.17, 15) is 8.42 Å². The highest BCUT2D eigenvalue weighted by Gasteiger charge is 2.36. The van der Waals surface area contributed by atoms with E-state index in [1.54, 1.807) is 30.5 Å². The summed E-state index contributed by atoms with van der Waals surface area (Å²) in [7, 11) is -1.81. The Morgan fingerprint density at radius 3 is 2.59 bits per heavy atom. The molecule has 4 aromatic rings. The predicted molar refractivity (Wildman–Crippen MR) is 128 cm³/mol. The van der Waals surface area contributed by atoms with Crippen molar-refractivity contribution in [2.24, 2.45) is 13.0 Å². The van der Waals surface area contributed by atoms with Crippen LogP contribution in [0.5, 0.6) is 0 Å². The number of fused-ring (bicyclic) bond motifs is 1. The van der Waals surface area contributed by atoms with Crippen molar-refractivity contribution < 1.29 is 12.6 Å². The van der Waals surface area contributed by atoms with Gasteiger partial charge in [0.15, 0.2) is 0 Å². The molecule has 0 atom stereocenters. The van der Waals surface area contributed by atoms with E-state index >= 15 is 0 Å². The maximum absolute atomic E-state index is 12.5. The molecule has 2 aliphatic rings. The highest BCUT2D eigenvalue weighted by atomic mass is 32.2. The lowest BCUT2D eigenvalue weighted by Crippen LogP contribution is -2.31. The molecule has 2 saturated carbocycles. The lowest BCUT2D eigenvalue weighted by atomic mass is 9.81. The molecule has 2 aliphatic carbocycles. The molecular formula is C25H27N5O3S. The molecular weight excluding hydrogens is 450 g/mol. The van der Waals surface area contributed by atoms with E-state index in [-0.39, 0.29) is 23.5 Å². The van der Waals surface area contributed by atoms with Gasteiger partial charge in [0.25, 0.3) is 10.1 Å². The molecule has 8 nitrogen and oxygen atoms in total. The Morgan fingerprint density at radius 1 is 1.09 bits per heavy atom. The minimum atomic E-state index is -3.73. The van der Waals surface area contributed by atoms with Crippen molar-refractivity contribution in [2.45, 2.75) is 49.5 Å². The largest absolute Gasteiger partial charge is 0.296 e. The van der Waals surface area contributed by atoms with Gasteiger partial charge < -0.3 is 0 Å². The third kappa shape index (κ3) is 3.92. The van der Waals surface area contributed by atoms with Crippen LogP contribution < -0.4 is 0 Å². The second kappa shape index (κ2) is 8.02. The zero-order valence-electron chi connectivity index (χ0n) is 19.3. The van der Waals surface area contributed by atoms with Crippen molar-refractivity contribution in [3.8, 4) is 11.3 Å². The summed E-state index contributed by atoms with van der Waals surface area (Å²) in [6.07, 6.45) is 7.94. The van der Waals surface area contributed by atoms with Crippen LogP contribution in [0.15, 0.2) is 53.7 Å². The van der Waals surface area contributed by atoms with Gasteiger partial charge in [0.1, 0.15) is 5.52 Å². The summed E-state index contributed by atoms with van der Waals surface area (Å²) in [5.74, 6) is 0.702. The van der Waals surface area contributed by atoms with Gasteiger partial charge in [-0.3, -0.25) is 13.5 Å². The summed E-state index contributed by atoms with van der Waals surface area (Å²) in [6.45, 7) is 2.13. The van der Waals surface area contributed by atoms with Crippen molar-refractivity contribution in [1.82, 2.24) is 24.5 Å². The lowest BCUT2D eigenvalue weighted by Gasteiger charge is -2.34. The molecule has 0 N–H and O–H groups in total. The van der Waals surface area contributed by atoms with Gasteiger partial charge in [-0.2, -0.15) is 18.6 Å². The van der Waals surface area contributed by atoms with Gasteiger partial charge in [0, 0.05) is 24.7 Å². The molecule has 176 valence electrons. The molecule has 0 saturated heterocycles. The summed E-state index contributed by atoms with van der Waals surface area (Å²) in [6, 6.07) is 11.1. The SMILES string of the molecule is Cc1ccc(S(=O)(=O)OCC2CC(n3cc(-c4ccc5c(cnn5C)n4)c(C4CC4)n3)C2)cc1. The summed E-state index contributed by atoms with van der Waals surface area (Å²) in [5.41, 5.74) is 6.04. The van der Waals surface area contributed by atoms with Gasteiger partial charge in [-0.25, -0.2) is 4.98 Å². The van der Waals surface area contributed by atoms with Crippen LogP contribution in [0, 0.1) is 12.8 Å². The molecule has 0 spiro atoms. The molecule has 9 heteroatoms. The van der Waals surface area contributed by atoms with Crippen LogP contribution in [-0.4, -0.2) is 39.6 Å².